The van der Waals surface area contributed by atoms with Gasteiger partial charge in [-0.2, -0.15) is 4.98 Å². The van der Waals surface area contributed by atoms with Gasteiger partial charge in [-0.1, -0.05) is 49.4 Å². The summed E-state index contributed by atoms with van der Waals surface area (Å²) in [6, 6.07) is 16.7. The number of morpholine rings is 1. The van der Waals surface area contributed by atoms with Gasteiger partial charge in [0, 0.05) is 19.5 Å². The number of hydrogen-bond donors (Lipinski definition) is 0. The van der Waals surface area contributed by atoms with Crippen LogP contribution in [0.15, 0.2) is 68.9 Å². The Balaban J connectivity index is 1.74. The van der Waals surface area contributed by atoms with Crippen molar-refractivity contribution in [1.29, 1.82) is 0 Å². The molecule has 7 heteroatoms. The molecule has 2 heterocycles. The number of oxazole rings is 1. The van der Waals surface area contributed by atoms with Gasteiger partial charge in [-0.15, -0.1) is 0 Å². The zero-order valence-corrected chi connectivity index (χ0v) is 17.2. The molecule has 0 spiro atoms. The van der Waals surface area contributed by atoms with Crippen molar-refractivity contribution < 1.29 is 17.6 Å². The number of benzene rings is 2. The number of hydrogen-bond acceptors (Lipinski definition) is 6. The first-order valence-corrected chi connectivity index (χ1v) is 11.3. The van der Waals surface area contributed by atoms with Crippen LogP contribution in [0.3, 0.4) is 0 Å². The molecule has 1 aliphatic rings. The average Bonchev–Trinajstić information content (AvgIpc) is 3.20. The molecule has 0 aliphatic carbocycles. The van der Waals surface area contributed by atoms with Gasteiger partial charge in [-0.3, -0.25) is 0 Å². The Hall–Kier alpha value is -2.64. The van der Waals surface area contributed by atoms with Gasteiger partial charge in [-0.05, 0) is 29.7 Å². The van der Waals surface area contributed by atoms with E-state index >= 15 is 0 Å². The highest BCUT2D eigenvalue weighted by Gasteiger charge is 2.31. The van der Waals surface area contributed by atoms with Crippen LogP contribution >= 0.6 is 0 Å². The zero-order chi connectivity index (χ0) is 20.3. The van der Waals surface area contributed by atoms with E-state index in [9.17, 15) is 8.42 Å². The first-order chi connectivity index (χ1) is 14.1. The smallest absolute Gasteiger partial charge is 0.236 e. The molecule has 0 bridgehead atoms. The van der Waals surface area contributed by atoms with Crippen LogP contribution in [0, 0.1) is 0 Å². The van der Waals surface area contributed by atoms with Gasteiger partial charge in [0.2, 0.25) is 26.6 Å². The largest absolute Gasteiger partial charge is 0.423 e. The average molecular weight is 413 g/mol. The van der Waals surface area contributed by atoms with Gasteiger partial charge >= 0.3 is 0 Å². The van der Waals surface area contributed by atoms with Crippen molar-refractivity contribution in [2.45, 2.75) is 29.7 Å². The third kappa shape index (κ3) is 4.21. The Morgan fingerprint density at radius 2 is 1.66 bits per heavy atom. The fourth-order valence-electron chi connectivity index (χ4n) is 3.34. The minimum absolute atomic E-state index is 0.0189. The van der Waals surface area contributed by atoms with Crippen molar-refractivity contribution >= 4 is 15.7 Å². The van der Waals surface area contributed by atoms with Gasteiger partial charge in [0.25, 0.3) is 0 Å². The number of sulfone groups is 1. The van der Waals surface area contributed by atoms with Crippen molar-refractivity contribution in [2.75, 3.05) is 31.2 Å². The van der Waals surface area contributed by atoms with Crippen LogP contribution in [0.1, 0.15) is 23.9 Å². The summed E-state index contributed by atoms with van der Waals surface area (Å²) in [6.45, 7) is 4.22. The van der Waals surface area contributed by atoms with Gasteiger partial charge in [0.05, 0.1) is 18.1 Å². The molecule has 152 valence electrons. The maximum atomic E-state index is 13.4. The van der Waals surface area contributed by atoms with E-state index in [0.717, 1.165) is 17.5 Å². The third-order valence-corrected chi connectivity index (χ3v) is 6.68. The maximum absolute atomic E-state index is 13.4. The van der Waals surface area contributed by atoms with Crippen molar-refractivity contribution in [2.24, 2.45) is 0 Å². The summed E-state index contributed by atoms with van der Waals surface area (Å²) in [6.07, 6.45) is 1.28. The van der Waals surface area contributed by atoms with E-state index in [2.05, 4.69) is 4.98 Å². The lowest BCUT2D eigenvalue weighted by Gasteiger charge is -2.26. The quantitative estimate of drug-likeness (QED) is 0.617. The van der Waals surface area contributed by atoms with E-state index < -0.39 is 9.84 Å². The van der Waals surface area contributed by atoms with E-state index in [-0.39, 0.29) is 9.92 Å². The first kappa shape index (κ1) is 19.7. The molecule has 0 amide bonds. The lowest BCUT2D eigenvalue weighted by Crippen LogP contribution is -2.36. The van der Waals surface area contributed by atoms with Crippen molar-refractivity contribution in [3.05, 3.63) is 71.6 Å². The van der Waals surface area contributed by atoms with E-state index in [0.29, 0.717) is 44.5 Å². The Bertz CT molecular complexity index is 1050. The predicted molar refractivity (Wildman–Crippen MR) is 110 cm³/mol. The molecule has 0 atom stereocenters. The normalized spacial score (nSPS) is 14.9. The van der Waals surface area contributed by atoms with Crippen LogP contribution in [-0.2, 0) is 27.4 Å². The summed E-state index contributed by atoms with van der Waals surface area (Å²) in [5, 5.41) is -0.0189. The fourth-order valence-corrected chi connectivity index (χ4v) is 4.68. The molecule has 3 aromatic rings. The number of nitrogens with zero attached hydrogens (tertiary/aromatic N) is 2. The number of aryl methyl sites for hydroxylation is 1. The summed E-state index contributed by atoms with van der Waals surface area (Å²) in [5.41, 5.74) is 2.10. The monoisotopic (exact) mass is 412 g/mol. The Labute approximate surface area is 171 Å². The molecule has 0 unspecified atom stereocenters. The molecule has 0 saturated carbocycles. The Morgan fingerprint density at radius 1 is 0.966 bits per heavy atom. The predicted octanol–water partition coefficient (Wildman–Crippen LogP) is 3.50. The number of anilines is 1. The first-order valence-electron chi connectivity index (χ1n) is 9.78. The molecule has 2 aromatic carbocycles. The summed E-state index contributed by atoms with van der Waals surface area (Å²) in [4.78, 5) is 6.56. The molecule has 0 radical (unpaired) electrons. The maximum Gasteiger partial charge on any atom is 0.236 e. The lowest BCUT2D eigenvalue weighted by atomic mass is 10.2. The zero-order valence-electron chi connectivity index (χ0n) is 16.4. The molecular formula is C22H24N2O4S. The molecule has 4 rings (SSSR count). The second-order valence-corrected chi connectivity index (χ2v) is 8.85. The number of aromatic nitrogens is 1. The van der Waals surface area contributed by atoms with Crippen LogP contribution in [0.5, 0.6) is 0 Å². The highest BCUT2D eigenvalue weighted by Crippen LogP contribution is 2.32. The van der Waals surface area contributed by atoms with E-state index in [1.165, 1.54) is 0 Å². The molecule has 1 aromatic heterocycles. The molecule has 0 N–H and O–H groups in total. The van der Waals surface area contributed by atoms with Gasteiger partial charge in [-0.25, -0.2) is 8.42 Å². The summed E-state index contributed by atoms with van der Waals surface area (Å²) >= 11 is 0. The summed E-state index contributed by atoms with van der Waals surface area (Å²) in [5.74, 6) is 0.695. The summed E-state index contributed by atoms with van der Waals surface area (Å²) < 4.78 is 38.2. The highest BCUT2D eigenvalue weighted by atomic mass is 32.2. The second-order valence-electron chi connectivity index (χ2n) is 6.98. The fraction of sp³-hybridized carbons (Fsp3) is 0.318. The Morgan fingerprint density at radius 3 is 2.31 bits per heavy atom. The van der Waals surface area contributed by atoms with Crippen LogP contribution in [0.2, 0.25) is 0 Å². The van der Waals surface area contributed by atoms with Gasteiger partial charge in [0.1, 0.15) is 0 Å². The Kier molecular flexibility index (Phi) is 5.69. The number of rotatable bonds is 6. The number of ether oxygens (including phenoxy) is 1. The molecule has 1 fully saturated rings. The van der Waals surface area contributed by atoms with Crippen LogP contribution < -0.4 is 4.90 Å². The van der Waals surface area contributed by atoms with E-state index in [1.54, 1.807) is 12.1 Å². The minimum Gasteiger partial charge on any atom is -0.423 e. The van der Waals surface area contributed by atoms with Crippen LogP contribution in [0.25, 0.3) is 0 Å². The van der Waals surface area contributed by atoms with Crippen LogP contribution in [-0.4, -0.2) is 39.7 Å². The van der Waals surface area contributed by atoms with Crippen molar-refractivity contribution in [3.63, 3.8) is 0 Å². The van der Waals surface area contributed by atoms with Gasteiger partial charge in [0.15, 0.2) is 0 Å². The summed E-state index contributed by atoms with van der Waals surface area (Å²) in [7, 11) is -3.80. The molecule has 1 aliphatic heterocycles. The molecular weight excluding hydrogens is 388 g/mol. The van der Waals surface area contributed by atoms with Crippen LogP contribution in [0.4, 0.5) is 5.88 Å². The van der Waals surface area contributed by atoms with Crippen molar-refractivity contribution in [3.8, 4) is 0 Å². The van der Waals surface area contributed by atoms with Crippen molar-refractivity contribution in [1.82, 2.24) is 4.98 Å². The minimum atomic E-state index is -3.80. The third-order valence-electron chi connectivity index (χ3n) is 5.02. The SMILES string of the molecule is CCc1ccc(S(=O)(=O)c2nc(Cc3ccccc3)oc2N2CCOCC2)cc1. The molecule has 6 nitrogen and oxygen atoms in total. The van der Waals surface area contributed by atoms with E-state index in [1.807, 2.05) is 54.3 Å². The van der Waals surface area contributed by atoms with Gasteiger partial charge < -0.3 is 14.1 Å². The molecule has 29 heavy (non-hydrogen) atoms. The second kappa shape index (κ2) is 8.39. The highest BCUT2D eigenvalue weighted by molar-refractivity contribution is 7.91. The lowest BCUT2D eigenvalue weighted by molar-refractivity contribution is 0.120. The standard InChI is InChI=1S/C22H24N2O4S/c1-2-17-8-10-19(11-9-17)29(25,26)21-22(24-12-14-27-15-13-24)28-20(23-21)16-18-6-4-3-5-7-18/h3-11H,2,12-16H2,1H3. The van der Waals surface area contributed by atoms with E-state index in [4.69, 9.17) is 9.15 Å². The molecule has 1 saturated heterocycles. The topological polar surface area (TPSA) is 72.6 Å².